The summed E-state index contributed by atoms with van der Waals surface area (Å²) in [5.41, 5.74) is 0.836. The Morgan fingerprint density at radius 1 is 1.00 bits per heavy atom. The van der Waals surface area contributed by atoms with E-state index in [0.717, 1.165) is 11.6 Å². The van der Waals surface area contributed by atoms with Crippen molar-refractivity contribution in [2.45, 2.75) is 12.3 Å². The van der Waals surface area contributed by atoms with E-state index >= 15 is 0 Å². The third-order valence-electron chi connectivity index (χ3n) is 4.10. The van der Waals surface area contributed by atoms with Crippen molar-refractivity contribution in [1.29, 1.82) is 0 Å². The molecule has 0 saturated heterocycles. The number of fused-ring (bicyclic) bond motifs is 2. The normalized spacial score (nSPS) is 18.0. The Bertz CT molecular complexity index is 933. The molecule has 1 unspecified atom stereocenters. The molecular formula is C18H11F3O5. The molecule has 0 fully saturated rings. The van der Waals surface area contributed by atoms with Gasteiger partial charge in [0.1, 0.15) is 5.75 Å². The van der Waals surface area contributed by atoms with Crippen LogP contribution in [0.5, 0.6) is 17.2 Å². The lowest BCUT2D eigenvalue weighted by atomic mass is 9.97. The summed E-state index contributed by atoms with van der Waals surface area (Å²) in [7, 11) is 0. The number of carbonyl (C=O) groups is 1. The summed E-state index contributed by atoms with van der Waals surface area (Å²) in [6.07, 6.45) is -6.32. The average molecular weight is 364 g/mol. The van der Waals surface area contributed by atoms with Gasteiger partial charge in [-0.25, -0.2) is 4.79 Å². The average Bonchev–Trinajstić information content (AvgIpc) is 3.07. The van der Waals surface area contributed by atoms with Crippen molar-refractivity contribution in [3.63, 3.8) is 0 Å². The van der Waals surface area contributed by atoms with Crippen LogP contribution in [0.1, 0.15) is 5.56 Å². The summed E-state index contributed by atoms with van der Waals surface area (Å²) >= 11 is 0. The van der Waals surface area contributed by atoms with Crippen molar-refractivity contribution >= 4 is 12.0 Å². The number of halogens is 3. The molecule has 0 bridgehead atoms. The lowest BCUT2D eigenvalue weighted by molar-refractivity contribution is -0.187. The zero-order chi connectivity index (χ0) is 18.5. The van der Waals surface area contributed by atoms with Gasteiger partial charge in [0.2, 0.25) is 12.9 Å². The minimum absolute atomic E-state index is 0.0261. The Morgan fingerprint density at radius 2 is 1.65 bits per heavy atom. The van der Waals surface area contributed by atoms with Crippen molar-refractivity contribution in [3.05, 3.63) is 47.5 Å². The van der Waals surface area contributed by atoms with E-state index in [4.69, 9.17) is 19.3 Å². The number of aliphatic carboxylic acids is 1. The van der Waals surface area contributed by atoms with Gasteiger partial charge in [-0.15, -0.1) is 0 Å². The van der Waals surface area contributed by atoms with Gasteiger partial charge in [0, 0.05) is 5.56 Å². The van der Waals surface area contributed by atoms with Gasteiger partial charge in [0.05, 0.1) is 5.57 Å². The van der Waals surface area contributed by atoms with E-state index in [1.807, 2.05) is 0 Å². The zero-order valence-corrected chi connectivity index (χ0v) is 13.0. The van der Waals surface area contributed by atoms with Crippen molar-refractivity contribution in [2.75, 3.05) is 6.79 Å². The predicted octanol–water partition coefficient (Wildman–Crippen LogP) is 3.87. The van der Waals surface area contributed by atoms with Crippen LogP contribution >= 0.6 is 0 Å². The highest BCUT2D eigenvalue weighted by Crippen LogP contribution is 2.40. The summed E-state index contributed by atoms with van der Waals surface area (Å²) in [5, 5.41) is 9.11. The van der Waals surface area contributed by atoms with E-state index in [-0.39, 0.29) is 18.1 Å². The summed E-state index contributed by atoms with van der Waals surface area (Å²) in [4.78, 5) is 11.2. The smallest absolute Gasteiger partial charge is 0.430 e. The number of rotatable bonds is 2. The monoisotopic (exact) mass is 364 g/mol. The number of carboxylic acid groups (broad SMARTS) is 1. The maximum atomic E-state index is 13.1. The first kappa shape index (κ1) is 16.3. The fourth-order valence-electron chi connectivity index (χ4n) is 2.87. The number of carboxylic acids is 1. The number of hydrogen-bond donors (Lipinski definition) is 1. The van der Waals surface area contributed by atoms with Gasteiger partial charge in [0.25, 0.3) is 0 Å². The first-order chi connectivity index (χ1) is 12.3. The molecule has 0 saturated carbocycles. The highest BCUT2D eigenvalue weighted by Gasteiger charge is 2.48. The summed E-state index contributed by atoms with van der Waals surface area (Å²) in [6.45, 7) is 0.125. The molecule has 0 amide bonds. The highest BCUT2D eigenvalue weighted by molar-refractivity contribution is 5.95. The molecule has 8 heteroatoms. The largest absolute Gasteiger partial charge is 0.478 e. The lowest BCUT2D eigenvalue weighted by Crippen LogP contribution is -2.40. The molecule has 2 aromatic carbocycles. The number of alkyl halides is 3. The van der Waals surface area contributed by atoms with Crippen LogP contribution in [-0.2, 0) is 4.79 Å². The van der Waals surface area contributed by atoms with E-state index in [1.54, 1.807) is 30.3 Å². The van der Waals surface area contributed by atoms with Crippen molar-refractivity contribution in [1.82, 2.24) is 0 Å². The molecule has 134 valence electrons. The van der Waals surface area contributed by atoms with Crippen molar-refractivity contribution in [2.24, 2.45) is 0 Å². The molecule has 1 N–H and O–H groups in total. The van der Waals surface area contributed by atoms with Crippen LogP contribution in [0.4, 0.5) is 13.2 Å². The van der Waals surface area contributed by atoms with Crippen LogP contribution in [-0.4, -0.2) is 30.1 Å². The van der Waals surface area contributed by atoms with Crippen LogP contribution in [0.15, 0.2) is 42.0 Å². The standard InChI is InChI=1S/C18H11F3O5/c19-18(20,21)16-12(17(22)23)6-11-5-9(1-3-13(11)26-16)10-2-4-14-15(7-10)25-8-24-14/h1-7,16H,8H2,(H,22,23). The molecule has 0 aliphatic carbocycles. The minimum Gasteiger partial charge on any atom is -0.478 e. The van der Waals surface area contributed by atoms with Crippen LogP contribution in [0, 0.1) is 0 Å². The second kappa shape index (κ2) is 5.69. The first-order valence-electron chi connectivity index (χ1n) is 7.55. The highest BCUT2D eigenvalue weighted by atomic mass is 19.4. The second-order valence-corrected chi connectivity index (χ2v) is 5.76. The van der Waals surface area contributed by atoms with Crippen molar-refractivity contribution < 1.29 is 37.3 Å². The topological polar surface area (TPSA) is 65.0 Å². The van der Waals surface area contributed by atoms with Gasteiger partial charge in [-0.1, -0.05) is 12.1 Å². The fourth-order valence-corrected chi connectivity index (χ4v) is 2.87. The predicted molar refractivity (Wildman–Crippen MR) is 84.1 cm³/mol. The number of benzene rings is 2. The molecule has 26 heavy (non-hydrogen) atoms. The van der Waals surface area contributed by atoms with Gasteiger partial charge in [0.15, 0.2) is 11.5 Å². The molecule has 0 spiro atoms. The molecule has 1 atom stereocenters. The maximum absolute atomic E-state index is 13.1. The Kier molecular flexibility index (Phi) is 3.57. The Balaban J connectivity index is 1.75. The van der Waals surface area contributed by atoms with Crippen LogP contribution in [0.2, 0.25) is 0 Å². The summed E-state index contributed by atoms with van der Waals surface area (Å²) < 4.78 is 54.7. The third-order valence-corrected chi connectivity index (χ3v) is 4.10. The Morgan fingerprint density at radius 3 is 2.35 bits per heavy atom. The molecule has 2 aliphatic rings. The molecule has 0 radical (unpaired) electrons. The maximum Gasteiger partial charge on any atom is 0.430 e. The van der Waals surface area contributed by atoms with Gasteiger partial charge >= 0.3 is 12.1 Å². The van der Waals surface area contributed by atoms with Gasteiger partial charge in [-0.05, 0) is 41.5 Å². The molecular weight excluding hydrogens is 353 g/mol. The quantitative estimate of drug-likeness (QED) is 0.876. The van der Waals surface area contributed by atoms with E-state index in [0.29, 0.717) is 17.1 Å². The number of hydrogen-bond acceptors (Lipinski definition) is 4. The second-order valence-electron chi connectivity index (χ2n) is 5.76. The van der Waals surface area contributed by atoms with Gasteiger partial charge in [-0.3, -0.25) is 0 Å². The molecule has 2 aromatic rings. The minimum atomic E-state index is -4.82. The molecule has 0 aromatic heterocycles. The molecule has 5 nitrogen and oxygen atoms in total. The van der Waals surface area contributed by atoms with E-state index in [9.17, 15) is 18.0 Å². The SMILES string of the molecule is O=C(O)C1=Cc2cc(-c3ccc4c(c3)OCO4)ccc2OC1C(F)(F)F. The Hall–Kier alpha value is -3.16. The van der Waals surface area contributed by atoms with Crippen LogP contribution in [0.25, 0.3) is 17.2 Å². The van der Waals surface area contributed by atoms with Crippen LogP contribution < -0.4 is 14.2 Å². The fraction of sp³-hybridized carbons (Fsp3) is 0.167. The molecule has 2 aliphatic heterocycles. The van der Waals surface area contributed by atoms with Crippen molar-refractivity contribution in [3.8, 4) is 28.4 Å². The molecule has 4 rings (SSSR count). The summed E-state index contributed by atoms with van der Waals surface area (Å²) in [5.74, 6) is -0.528. The Labute approximate surface area is 145 Å². The third kappa shape index (κ3) is 2.73. The first-order valence-corrected chi connectivity index (χ1v) is 7.55. The van der Waals surface area contributed by atoms with Crippen LogP contribution in [0.3, 0.4) is 0 Å². The van der Waals surface area contributed by atoms with Gasteiger partial charge < -0.3 is 19.3 Å². The van der Waals surface area contributed by atoms with Gasteiger partial charge in [-0.2, -0.15) is 13.2 Å². The van der Waals surface area contributed by atoms with E-state index in [1.165, 1.54) is 6.07 Å². The zero-order valence-electron chi connectivity index (χ0n) is 13.0. The molecule has 2 heterocycles. The van der Waals surface area contributed by atoms with E-state index < -0.39 is 23.8 Å². The summed E-state index contributed by atoms with van der Waals surface area (Å²) in [6, 6.07) is 9.81. The van der Waals surface area contributed by atoms with E-state index in [2.05, 4.69) is 0 Å². The number of ether oxygens (including phenoxy) is 3. The lowest BCUT2D eigenvalue weighted by Gasteiger charge is -2.27.